The summed E-state index contributed by atoms with van der Waals surface area (Å²) >= 11 is 6.88. The van der Waals surface area contributed by atoms with Gasteiger partial charge in [-0.3, -0.25) is 5.43 Å². The van der Waals surface area contributed by atoms with Crippen molar-refractivity contribution in [3.8, 4) is 11.6 Å². The molecule has 1 heterocycles. The summed E-state index contributed by atoms with van der Waals surface area (Å²) in [7, 11) is 0. The van der Waals surface area contributed by atoms with Crippen LogP contribution in [0.1, 0.15) is 5.56 Å². The van der Waals surface area contributed by atoms with Gasteiger partial charge < -0.3 is 10.1 Å². The number of hydrogen-bond acceptors (Lipinski definition) is 4. The number of urea groups is 1. The second kappa shape index (κ2) is 8.35. The second-order valence-electron chi connectivity index (χ2n) is 5.23. The number of ether oxygens (including phenoxy) is 1. The molecule has 0 spiro atoms. The minimum Gasteiger partial charge on any atom is -0.472 e. The van der Waals surface area contributed by atoms with E-state index in [9.17, 15) is 4.79 Å². The smallest absolute Gasteiger partial charge is 0.333 e. The maximum absolute atomic E-state index is 11.5. The molecule has 0 saturated heterocycles. The SMILES string of the molecule is NNC(=O)Nc1cccc(Br)c1COc1ccn(-c2ccc(Br)cc2)n1. The van der Waals surface area contributed by atoms with Crippen molar-refractivity contribution in [1.82, 2.24) is 15.2 Å². The fourth-order valence-corrected chi connectivity index (χ4v) is 2.99. The second-order valence-corrected chi connectivity index (χ2v) is 7.00. The van der Waals surface area contributed by atoms with E-state index in [0.29, 0.717) is 11.6 Å². The van der Waals surface area contributed by atoms with Gasteiger partial charge in [-0.05, 0) is 36.4 Å². The minimum absolute atomic E-state index is 0.221. The standard InChI is InChI=1S/C17H15Br2N5O2/c18-11-4-6-12(7-5-11)24-9-8-16(23-24)26-10-13-14(19)2-1-3-15(13)21-17(25)22-20/h1-9H,10,20H2,(H2,21,22,25). The van der Waals surface area contributed by atoms with Crippen molar-refractivity contribution in [1.29, 1.82) is 0 Å². The van der Waals surface area contributed by atoms with E-state index in [1.165, 1.54) is 0 Å². The van der Waals surface area contributed by atoms with Crippen molar-refractivity contribution in [3.05, 3.63) is 69.2 Å². The molecular formula is C17H15Br2N5O2. The molecule has 26 heavy (non-hydrogen) atoms. The minimum atomic E-state index is -0.510. The highest BCUT2D eigenvalue weighted by atomic mass is 79.9. The molecule has 3 aromatic rings. The van der Waals surface area contributed by atoms with Gasteiger partial charge in [-0.1, -0.05) is 37.9 Å². The summed E-state index contributed by atoms with van der Waals surface area (Å²) in [4.78, 5) is 11.5. The summed E-state index contributed by atoms with van der Waals surface area (Å²) in [5.74, 6) is 5.59. The third kappa shape index (κ3) is 4.43. The van der Waals surface area contributed by atoms with E-state index >= 15 is 0 Å². The highest BCUT2D eigenvalue weighted by Crippen LogP contribution is 2.26. The van der Waals surface area contributed by atoms with Gasteiger partial charge in [0, 0.05) is 26.8 Å². The largest absolute Gasteiger partial charge is 0.472 e. The fraction of sp³-hybridized carbons (Fsp3) is 0.0588. The number of hydrazine groups is 1. The summed E-state index contributed by atoms with van der Waals surface area (Å²) in [5, 5.41) is 7.06. The van der Waals surface area contributed by atoms with E-state index in [1.807, 2.05) is 48.0 Å². The topological polar surface area (TPSA) is 94.2 Å². The first kappa shape index (κ1) is 18.4. The molecule has 134 valence electrons. The van der Waals surface area contributed by atoms with Crippen LogP contribution in [-0.4, -0.2) is 15.8 Å². The third-order valence-electron chi connectivity index (χ3n) is 3.52. The Hall–Kier alpha value is -2.36. The highest BCUT2D eigenvalue weighted by Gasteiger charge is 2.11. The zero-order chi connectivity index (χ0) is 18.5. The molecule has 0 fully saturated rings. The van der Waals surface area contributed by atoms with E-state index in [-0.39, 0.29) is 6.61 Å². The maximum Gasteiger partial charge on any atom is 0.333 e. The van der Waals surface area contributed by atoms with Crippen molar-refractivity contribution < 1.29 is 9.53 Å². The van der Waals surface area contributed by atoms with Crippen molar-refractivity contribution in [3.63, 3.8) is 0 Å². The number of amides is 2. The number of hydrogen-bond donors (Lipinski definition) is 3. The normalized spacial score (nSPS) is 10.4. The number of anilines is 1. The third-order valence-corrected chi connectivity index (χ3v) is 4.79. The molecule has 0 saturated carbocycles. The Morgan fingerprint density at radius 3 is 2.65 bits per heavy atom. The predicted molar refractivity (Wildman–Crippen MR) is 106 cm³/mol. The first-order valence-electron chi connectivity index (χ1n) is 7.56. The molecule has 0 aliphatic heterocycles. The molecule has 2 amide bonds. The Balaban J connectivity index is 1.73. The van der Waals surface area contributed by atoms with Gasteiger partial charge in [0.2, 0.25) is 5.88 Å². The lowest BCUT2D eigenvalue weighted by Gasteiger charge is -2.12. The number of aromatic nitrogens is 2. The van der Waals surface area contributed by atoms with Crippen LogP contribution >= 0.6 is 31.9 Å². The van der Waals surface area contributed by atoms with Gasteiger partial charge in [-0.15, -0.1) is 5.10 Å². The molecule has 4 N–H and O–H groups in total. The van der Waals surface area contributed by atoms with Crippen LogP contribution in [0.15, 0.2) is 63.7 Å². The first-order chi connectivity index (χ1) is 12.6. The highest BCUT2D eigenvalue weighted by molar-refractivity contribution is 9.10. The average molecular weight is 481 g/mol. The molecule has 3 rings (SSSR count). The van der Waals surface area contributed by atoms with E-state index < -0.39 is 6.03 Å². The molecule has 0 aliphatic carbocycles. The summed E-state index contributed by atoms with van der Waals surface area (Å²) in [6.07, 6.45) is 1.82. The average Bonchev–Trinajstić information content (AvgIpc) is 3.10. The molecule has 0 aliphatic rings. The van der Waals surface area contributed by atoms with Crippen LogP contribution in [0.3, 0.4) is 0 Å². The van der Waals surface area contributed by atoms with E-state index in [2.05, 4.69) is 42.3 Å². The van der Waals surface area contributed by atoms with Crippen LogP contribution in [-0.2, 0) is 6.61 Å². The Bertz CT molecular complexity index is 912. The van der Waals surface area contributed by atoms with E-state index in [4.69, 9.17) is 10.6 Å². The molecule has 7 nitrogen and oxygen atoms in total. The summed E-state index contributed by atoms with van der Waals surface area (Å²) in [6.45, 7) is 0.221. The molecule has 0 unspecified atom stereocenters. The molecule has 2 aromatic carbocycles. The number of nitrogens with two attached hydrogens (primary N) is 1. The number of halogens is 2. The number of carbonyl (C=O) groups is 1. The number of rotatable bonds is 5. The van der Waals surface area contributed by atoms with Crippen LogP contribution in [0.25, 0.3) is 5.69 Å². The van der Waals surface area contributed by atoms with Crippen molar-refractivity contribution in [2.24, 2.45) is 5.84 Å². The first-order valence-corrected chi connectivity index (χ1v) is 9.15. The van der Waals surface area contributed by atoms with Crippen molar-refractivity contribution in [2.75, 3.05) is 5.32 Å². The molecule has 0 radical (unpaired) electrons. The predicted octanol–water partition coefficient (Wildman–Crippen LogP) is 3.97. The number of nitrogens with one attached hydrogen (secondary N) is 2. The number of benzene rings is 2. The van der Waals surface area contributed by atoms with Gasteiger partial charge in [0.25, 0.3) is 0 Å². The van der Waals surface area contributed by atoms with Crippen LogP contribution in [0.4, 0.5) is 10.5 Å². The summed E-state index contributed by atoms with van der Waals surface area (Å²) in [6, 6.07) is 14.5. The van der Waals surface area contributed by atoms with Gasteiger partial charge in [-0.25, -0.2) is 15.3 Å². The lowest BCUT2D eigenvalue weighted by Crippen LogP contribution is -2.34. The van der Waals surface area contributed by atoms with Crippen LogP contribution in [0.2, 0.25) is 0 Å². The van der Waals surface area contributed by atoms with Gasteiger partial charge in [0.05, 0.1) is 11.4 Å². The van der Waals surface area contributed by atoms with Crippen LogP contribution in [0.5, 0.6) is 5.88 Å². The van der Waals surface area contributed by atoms with Gasteiger partial charge in [-0.2, -0.15) is 0 Å². The van der Waals surface area contributed by atoms with E-state index in [1.54, 1.807) is 16.8 Å². The van der Waals surface area contributed by atoms with Gasteiger partial charge >= 0.3 is 6.03 Å². The fourth-order valence-electron chi connectivity index (χ4n) is 2.25. The van der Waals surface area contributed by atoms with E-state index in [0.717, 1.165) is 20.2 Å². The molecule has 9 heteroatoms. The van der Waals surface area contributed by atoms with Crippen molar-refractivity contribution >= 4 is 43.6 Å². The Kier molecular flexibility index (Phi) is 5.92. The number of carbonyl (C=O) groups excluding carboxylic acids is 1. The Morgan fingerprint density at radius 1 is 1.15 bits per heavy atom. The molecule has 1 aromatic heterocycles. The lowest BCUT2D eigenvalue weighted by molar-refractivity contribution is 0.252. The maximum atomic E-state index is 11.5. The van der Waals surface area contributed by atoms with Crippen LogP contribution in [0, 0.1) is 0 Å². The summed E-state index contributed by atoms with van der Waals surface area (Å²) < 4.78 is 9.31. The van der Waals surface area contributed by atoms with Gasteiger partial charge in [0.15, 0.2) is 0 Å². The molecular weight excluding hydrogens is 466 g/mol. The van der Waals surface area contributed by atoms with Crippen molar-refractivity contribution in [2.45, 2.75) is 6.61 Å². The zero-order valence-electron chi connectivity index (χ0n) is 13.4. The summed E-state index contributed by atoms with van der Waals surface area (Å²) in [5.41, 5.74) is 4.32. The zero-order valence-corrected chi connectivity index (χ0v) is 16.6. The monoisotopic (exact) mass is 479 g/mol. The Morgan fingerprint density at radius 2 is 1.92 bits per heavy atom. The number of nitrogens with zero attached hydrogens (tertiary/aromatic N) is 2. The lowest BCUT2D eigenvalue weighted by atomic mass is 10.2. The Labute approximate surface area is 166 Å². The molecule has 0 atom stereocenters. The van der Waals surface area contributed by atoms with Crippen LogP contribution < -0.4 is 21.3 Å². The molecule has 0 bridgehead atoms. The quantitative estimate of drug-likeness (QED) is 0.292. The van der Waals surface area contributed by atoms with Gasteiger partial charge in [0.1, 0.15) is 6.61 Å².